The van der Waals surface area contributed by atoms with E-state index in [2.05, 4.69) is 29.5 Å². The van der Waals surface area contributed by atoms with Gasteiger partial charge in [-0.2, -0.15) is 0 Å². The van der Waals surface area contributed by atoms with Crippen molar-refractivity contribution >= 4 is 5.84 Å². The van der Waals surface area contributed by atoms with Crippen molar-refractivity contribution < 1.29 is 5.21 Å². The maximum absolute atomic E-state index is 8.81. The molecule has 1 aromatic rings. The number of amidine groups is 1. The summed E-state index contributed by atoms with van der Waals surface area (Å²) in [6, 6.07) is 10.8. The van der Waals surface area contributed by atoms with Gasteiger partial charge in [-0.05, 0) is 31.2 Å². The molecule has 1 aromatic carbocycles. The Morgan fingerprint density at radius 2 is 2.00 bits per heavy atom. The fourth-order valence-electron chi connectivity index (χ4n) is 3.12. The predicted molar refractivity (Wildman–Crippen MR) is 81.8 cm³/mol. The minimum absolute atomic E-state index is 0.0997. The molecule has 20 heavy (non-hydrogen) atoms. The van der Waals surface area contributed by atoms with Gasteiger partial charge in [-0.3, -0.25) is 0 Å². The summed E-state index contributed by atoms with van der Waals surface area (Å²) < 4.78 is 0. The standard InChI is InChI=1S/C16H25N3O/c1-12(13-7-5-6-8-13)18-15(11-16(17)19-20)14-9-3-2-4-10-14/h2-4,9-10,12-13,15,18,20H,5-8,11H2,1H3,(H2,17,19). The molecule has 0 aromatic heterocycles. The molecule has 0 radical (unpaired) electrons. The van der Waals surface area contributed by atoms with E-state index in [0.717, 1.165) is 5.92 Å². The number of nitrogens with zero attached hydrogens (tertiary/aromatic N) is 1. The molecular weight excluding hydrogens is 250 g/mol. The molecule has 1 aliphatic carbocycles. The van der Waals surface area contributed by atoms with Crippen molar-refractivity contribution in [2.45, 2.75) is 51.1 Å². The normalized spacial score (nSPS) is 19.9. The summed E-state index contributed by atoms with van der Waals surface area (Å²) in [5.41, 5.74) is 6.88. The molecular formula is C16H25N3O. The van der Waals surface area contributed by atoms with E-state index < -0.39 is 0 Å². The molecule has 0 aliphatic heterocycles. The molecule has 1 fully saturated rings. The van der Waals surface area contributed by atoms with Gasteiger partial charge in [0, 0.05) is 18.5 Å². The van der Waals surface area contributed by atoms with Gasteiger partial charge in [0.15, 0.2) is 0 Å². The van der Waals surface area contributed by atoms with E-state index in [-0.39, 0.29) is 11.9 Å². The topological polar surface area (TPSA) is 70.6 Å². The van der Waals surface area contributed by atoms with Gasteiger partial charge in [0.2, 0.25) is 0 Å². The SMILES string of the molecule is CC(NC(CC(N)=NO)c1ccccc1)C1CCCC1. The Balaban J connectivity index is 2.05. The first kappa shape index (κ1) is 14.9. The highest BCUT2D eigenvalue weighted by Crippen LogP contribution is 2.29. The van der Waals surface area contributed by atoms with Crippen LogP contribution >= 0.6 is 0 Å². The third-order valence-corrected chi connectivity index (χ3v) is 4.31. The first-order chi connectivity index (χ1) is 9.70. The summed E-state index contributed by atoms with van der Waals surface area (Å²) in [4.78, 5) is 0. The van der Waals surface area contributed by atoms with Crippen LogP contribution in [0.4, 0.5) is 0 Å². The minimum atomic E-state index is 0.0997. The molecule has 1 saturated carbocycles. The lowest BCUT2D eigenvalue weighted by Gasteiger charge is -2.27. The highest BCUT2D eigenvalue weighted by atomic mass is 16.4. The molecule has 4 heteroatoms. The number of oxime groups is 1. The van der Waals surface area contributed by atoms with Crippen LogP contribution in [0.3, 0.4) is 0 Å². The van der Waals surface area contributed by atoms with Gasteiger partial charge in [-0.15, -0.1) is 0 Å². The van der Waals surface area contributed by atoms with Gasteiger partial charge in [-0.25, -0.2) is 0 Å². The Morgan fingerprint density at radius 3 is 2.60 bits per heavy atom. The van der Waals surface area contributed by atoms with Crippen LogP contribution in [0.1, 0.15) is 50.6 Å². The Bertz CT molecular complexity index is 427. The Morgan fingerprint density at radius 1 is 1.35 bits per heavy atom. The summed E-state index contributed by atoms with van der Waals surface area (Å²) in [6.45, 7) is 2.25. The zero-order chi connectivity index (χ0) is 14.4. The number of hydrogen-bond donors (Lipinski definition) is 3. The second-order valence-electron chi connectivity index (χ2n) is 5.76. The van der Waals surface area contributed by atoms with Crippen LogP contribution in [0.25, 0.3) is 0 Å². The Labute approximate surface area is 121 Å². The van der Waals surface area contributed by atoms with E-state index in [4.69, 9.17) is 10.9 Å². The number of benzene rings is 1. The number of rotatable bonds is 6. The molecule has 2 atom stereocenters. The third-order valence-electron chi connectivity index (χ3n) is 4.31. The van der Waals surface area contributed by atoms with E-state index in [1.165, 1.54) is 31.2 Å². The monoisotopic (exact) mass is 275 g/mol. The lowest BCUT2D eigenvalue weighted by atomic mass is 9.96. The second kappa shape index (κ2) is 7.29. The lowest BCUT2D eigenvalue weighted by molar-refractivity contribution is 0.312. The van der Waals surface area contributed by atoms with Crippen LogP contribution in [0.5, 0.6) is 0 Å². The lowest BCUT2D eigenvalue weighted by Crippen LogP contribution is -2.37. The molecule has 4 nitrogen and oxygen atoms in total. The fourth-order valence-corrected chi connectivity index (χ4v) is 3.12. The van der Waals surface area contributed by atoms with Gasteiger partial charge in [-0.1, -0.05) is 48.3 Å². The highest BCUT2D eigenvalue weighted by Gasteiger charge is 2.24. The van der Waals surface area contributed by atoms with Crippen LogP contribution < -0.4 is 11.1 Å². The predicted octanol–water partition coefficient (Wildman–Crippen LogP) is 3.03. The van der Waals surface area contributed by atoms with Crippen molar-refractivity contribution in [3.8, 4) is 0 Å². The molecule has 4 N–H and O–H groups in total. The Hall–Kier alpha value is -1.55. The molecule has 2 rings (SSSR count). The molecule has 1 aliphatic rings. The van der Waals surface area contributed by atoms with Gasteiger partial charge < -0.3 is 16.3 Å². The van der Waals surface area contributed by atoms with Crippen molar-refractivity contribution in [2.75, 3.05) is 0 Å². The number of hydrogen-bond acceptors (Lipinski definition) is 3. The average molecular weight is 275 g/mol. The van der Waals surface area contributed by atoms with Crippen LogP contribution in [0.15, 0.2) is 35.5 Å². The maximum Gasteiger partial charge on any atom is 0.141 e. The summed E-state index contributed by atoms with van der Waals surface area (Å²) in [5, 5.41) is 15.6. The van der Waals surface area contributed by atoms with Crippen LogP contribution in [0, 0.1) is 5.92 Å². The molecule has 0 heterocycles. The summed E-state index contributed by atoms with van der Waals surface area (Å²) in [5.74, 6) is 1.01. The molecule has 0 saturated heterocycles. The average Bonchev–Trinajstić information content (AvgIpc) is 3.01. The van der Waals surface area contributed by atoms with E-state index in [0.29, 0.717) is 12.5 Å². The maximum atomic E-state index is 8.81. The summed E-state index contributed by atoms with van der Waals surface area (Å²) in [7, 11) is 0. The van der Waals surface area contributed by atoms with Crippen molar-refractivity contribution in [2.24, 2.45) is 16.8 Å². The summed E-state index contributed by atoms with van der Waals surface area (Å²) in [6.07, 6.45) is 5.82. The van der Waals surface area contributed by atoms with Gasteiger partial charge >= 0.3 is 0 Å². The largest absolute Gasteiger partial charge is 0.409 e. The minimum Gasteiger partial charge on any atom is -0.409 e. The second-order valence-corrected chi connectivity index (χ2v) is 5.76. The smallest absolute Gasteiger partial charge is 0.141 e. The van der Waals surface area contributed by atoms with E-state index in [1.807, 2.05) is 18.2 Å². The van der Waals surface area contributed by atoms with Crippen molar-refractivity contribution in [1.82, 2.24) is 5.32 Å². The van der Waals surface area contributed by atoms with Crippen molar-refractivity contribution in [3.63, 3.8) is 0 Å². The highest BCUT2D eigenvalue weighted by molar-refractivity contribution is 5.80. The quantitative estimate of drug-likeness (QED) is 0.323. The van der Waals surface area contributed by atoms with Crippen molar-refractivity contribution in [3.05, 3.63) is 35.9 Å². The molecule has 0 amide bonds. The van der Waals surface area contributed by atoms with E-state index in [1.54, 1.807) is 0 Å². The molecule has 0 bridgehead atoms. The van der Waals surface area contributed by atoms with Gasteiger partial charge in [0.1, 0.15) is 5.84 Å². The third kappa shape index (κ3) is 3.97. The van der Waals surface area contributed by atoms with Crippen molar-refractivity contribution in [1.29, 1.82) is 0 Å². The van der Waals surface area contributed by atoms with E-state index in [9.17, 15) is 0 Å². The first-order valence-electron chi connectivity index (χ1n) is 7.48. The first-order valence-corrected chi connectivity index (χ1v) is 7.48. The van der Waals surface area contributed by atoms with E-state index >= 15 is 0 Å². The number of nitrogens with two attached hydrogens (primary N) is 1. The van der Waals surface area contributed by atoms with Crippen LogP contribution in [0.2, 0.25) is 0 Å². The molecule has 0 spiro atoms. The Kier molecular flexibility index (Phi) is 5.41. The zero-order valence-electron chi connectivity index (χ0n) is 12.1. The fraction of sp³-hybridized carbons (Fsp3) is 0.562. The van der Waals surface area contributed by atoms with Gasteiger partial charge in [0.25, 0.3) is 0 Å². The van der Waals surface area contributed by atoms with Gasteiger partial charge in [0.05, 0.1) is 0 Å². The van der Waals surface area contributed by atoms with Crippen LogP contribution in [-0.4, -0.2) is 17.1 Å². The summed E-state index contributed by atoms with van der Waals surface area (Å²) >= 11 is 0. The molecule has 110 valence electrons. The zero-order valence-corrected chi connectivity index (χ0v) is 12.1. The van der Waals surface area contributed by atoms with Crippen LogP contribution in [-0.2, 0) is 0 Å². The number of nitrogens with one attached hydrogen (secondary N) is 1. The molecule has 2 unspecified atom stereocenters.